The Morgan fingerprint density at radius 2 is 2.00 bits per heavy atom. The summed E-state index contributed by atoms with van der Waals surface area (Å²) in [7, 11) is 0. The van der Waals surface area contributed by atoms with Gasteiger partial charge in [0, 0.05) is 33.2 Å². The van der Waals surface area contributed by atoms with E-state index in [4.69, 9.17) is 0 Å². The summed E-state index contributed by atoms with van der Waals surface area (Å²) in [6.07, 6.45) is 4.71. The smallest absolute Gasteiger partial charge is 0.0478 e. The van der Waals surface area contributed by atoms with Crippen molar-refractivity contribution in [1.82, 2.24) is 10.3 Å². The number of rotatable bonds is 4. The number of aryl methyl sites for hydroxylation is 1. The van der Waals surface area contributed by atoms with E-state index in [1.165, 1.54) is 47.0 Å². The molecule has 2 atom stereocenters. The van der Waals surface area contributed by atoms with Crippen LogP contribution in [-0.2, 0) is 12.8 Å². The minimum absolute atomic E-state index is 0. The second kappa shape index (κ2) is 7.94. The van der Waals surface area contributed by atoms with E-state index in [0.29, 0.717) is 12.1 Å². The van der Waals surface area contributed by atoms with Gasteiger partial charge in [0.15, 0.2) is 0 Å². The number of hydrogen-bond acceptors (Lipinski definition) is 1. The van der Waals surface area contributed by atoms with Crippen LogP contribution >= 0.6 is 28.3 Å². The van der Waals surface area contributed by atoms with E-state index in [2.05, 4.69) is 81.7 Å². The van der Waals surface area contributed by atoms with Crippen molar-refractivity contribution in [3.8, 4) is 0 Å². The van der Waals surface area contributed by atoms with E-state index in [1.807, 2.05) is 0 Å². The van der Waals surface area contributed by atoms with Gasteiger partial charge in [-0.05, 0) is 61.9 Å². The van der Waals surface area contributed by atoms with Crippen LogP contribution in [0.2, 0.25) is 0 Å². The summed E-state index contributed by atoms with van der Waals surface area (Å²) in [5.74, 6) is 0. The third-order valence-corrected chi connectivity index (χ3v) is 5.53. The zero-order valence-corrected chi connectivity index (χ0v) is 16.8. The first-order valence-corrected chi connectivity index (χ1v) is 9.60. The first kappa shape index (κ1) is 18.5. The van der Waals surface area contributed by atoms with Gasteiger partial charge in [0.1, 0.15) is 0 Å². The van der Waals surface area contributed by atoms with Crippen LogP contribution in [0.1, 0.15) is 42.6 Å². The molecule has 25 heavy (non-hydrogen) atoms. The Morgan fingerprint density at radius 3 is 2.80 bits per heavy atom. The van der Waals surface area contributed by atoms with Crippen LogP contribution in [-0.4, -0.2) is 11.0 Å². The number of hydrogen-bond donors (Lipinski definition) is 2. The van der Waals surface area contributed by atoms with Gasteiger partial charge < -0.3 is 10.3 Å². The number of aromatic amines is 1. The fourth-order valence-corrected chi connectivity index (χ4v) is 4.33. The largest absolute Gasteiger partial charge is 0.357 e. The van der Waals surface area contributed by atoms with Crippen LogP contribution < -0.4 is 5.32 Å². The summed E-state index contributed by atoms with van der Waals surface area (Å²) in [6, 6.07) is 18.2. The fraction of sp³-hybridized carbons (Fsp3) is 0.333. The number of fused-ring (bicyclic) bond motifs is 3. The average Bonchev–Trinajstić information content (AvgIpc) is 2.95. The molecule has 4 rings (SSSR count). The molecule has 4 heteroatoms. The molecule has 1 heterocycles. The number of aromatic nitrogens is 1. The van der Waals surface area contributed by atoms with Gasteiger partial charge in [-0.3, -0.25) is 0 Å². The van der Waals surface area contributed by atoms with Gasteiger partial charge in [0.2, 0.25) is 0 Å². The summed E-state index contributed by atoms with van der Waals surface area (Å²) >= 11 is 3.61. The lowest BCUT2D eigenvalue weighted by atomic mass is 9.91. The van der Waals surface area contributed by atoms with Crippen molar-refractivity contribution in [1.29, 1.82) is 0 Å². The molecule has 0 spiro atoms. The molecule has 0 saturated carbocycles. The SMILES string of the molecule is CC(Cc1ccccc1)NC1CCCc2c1[nH]c1ccc(Br)cc21.Cl. The molecule has 0 fully saturated rings. The van der Waals surface area contributed by atoms with Gasteiger partial charge in [-0.1, -0.05) is 46.3 Å². The number of nitrogens with one attached hydrogen (secondary N) is 2. The first-order chi connectivity index (χ1) is 11.7. The Morgan fingerprint density at radius 1 is 1.20 bits per heavy atom. The second-order valence-electron chi connectivity index (χ2n) is 6.91. The maximum Gasteiger partial charge on any atom is 0.0478 e. The first-order valence-electron chi connectivity index (χ1n) is 8.80. The summed E-state index contributed by atoms with van der Waals surface area (Å²) in [6.45, 7) is 2.29. The van der Waals surface area contributed by atoms with Crippen LogP contribution in [0.5, 0.6) is 0 Å². The normalized spacial score (nSPS) is 17.8. The van der Waals surface area contributed by atoms with Crippen molar-refractivity contribution in [3.63, 3.8) is 0 Å². The third kappa shape index (κ3) is 3.94. The Kier molecular flexibility index (Phi) is 5.88. The van der Waals surface area contributed by atoms with Gasteiger partial charge in [-0.2, -0.15) is 0 Å². The fourth-order valence-electron chi connectivity index (χ4n) is 3.97. The molecule has 0 aliphatic heterocycles. The lowest BCUT2D eigenvalue weighted by Gasteiger charge is -2.27. The molecule has 0 bridgehead atoms. The zero-order chi connectivity index (χ0) is 16.5. The average molecular weight is 420 g/mol. The van der Waals surface area contributed by atoms with Crippen molar-refractivity contribution >= 4 is 39.2 Å². The van der Waals surface area contributed by atoms with Crippen LogP contribution in [0.4, 0.5) is 0 Å². The van der Waals surface area contributed by atoms with E-state index in [1.54, 1.807) is 0 Å². The van der Waals surface area contributed by atoms with Crippen molar-refractivity contribution in [2.75, 3.05) is 0 Å². The van der Waals surface area contributed by atoms with E-state index >= 15 is 0 Å². The highest BCUT2D eigenvalue weighted by Gasteiger charge is 2.25. The lowest BCUT2D eigenvalue weighted by Crippen LogP contribution is -2.34. The number of H-pyrrole nitrogens is 1. The van der Waals surface area contributed by atoms with Crippen LogP contribution in [0, 0.1) is 0 Å². The summed E-state index contributed by atoms with van der Waals surface area (Å²) < 4.78 is 1.16. The van der Waals surface area contributed by atoms with Gasteiger partial charge in [-0.15, -0.1) is 12.4 Å². The predicted molar refractivity (Wildman–Crippen MR) is 112 cm³/mol. The van der Waals surface area contributed by atoms with E-state index in [0.717, 1.165) is 10.9 Å². The summed E-state index contributed by atoms with van der Waals surface area (Å²) in [5, 5.41) is 5.23. The lowest BCUT2D eigenvalue weighted by molar-refractivity contribution is 0.402. The molecule has 0 amide bonds. The predicted octanol–water partition coefficient (Wildman–Crippen LogP) is 5.95. The molecule has 1 aliphatic rings. The van der Waals surface area contributed by atoms with Crippen LogP contribution in [0.25, 0.3) is 10.9 Å². The molecule has 1 aliphatic carbocycles. The minimum atomic E-state index is 0. The molecule has 2 N–H and O–H groups in total. The van der Waals surface area contributed by atoms with Crippen molar-refractivity contribution < 1.29 is 0 Å². The molecule has 0 saturated heterocycles. The number of benzene rings is 2. The molecule has 2 aromatic carbocycles. The molecular formula is C21H24BrClN2. The highest BCUT2D eigenvalue weighted by Crippen LogP contribution is 2.36. The highest BCUT2D eigenvalue weighted by atomic mass is 79.9. The maximum atomic E-state index is 3.86. The highest BCUT2D eigenvalue weighted by molar-refractivity contribution is 9.10. The van der Waals surface area contributed by atoms with Gasteiger partial charge >= 0.3 is 0 Å². The van der Waals surface area contributed by atoms with Crippen molar-refractivity contribution in [3.05, 3.63) is 69.8 Å². The van der Waals surface area contributed by atoms with Crippen LogP contribution in [0.15, 0.2) is 53.0 Å². The Hall–Kier alpha value is -1.29. The molecule has 3 aromatic rings. The molecule has 2 nitrogen and oxygen atoms in total. The quantitative estimate of drug-likeness (QED) is 0.537. The Bertz CT molecular complexity index is 844. The van der Waals surface area contributed by atoms with E-state index < -0.39 is 0 Å². The van der Waals surface area contributed by atoms with Gasteiger partial charge in [0.05, 0.1) is 0 Å². The second-order valence-corrected chi connectivity index (χ2v) is 7.83. The molecule has 0 radical (unpaired) electrons. The van der Waals surface area contributed by atoms with Gasteiger partial charge in [0.25, 0.3) is 0 Å². The van der Waals surface area contributed by atoms with Crippen molar-refractivity contribution in [2.24, 2.45) is 0 Å². The third-order valence-electron chi connectivity index (χ3n) is 5.04. The summed E-state index contributed by atoms with van der Waals surface area (Å²) in [4.78, 5) is 3.68. The van der Waals surface area contributed by atoms with Gasteiger partial charge in [-0.25, -0.2) is 0 Å². The van der Waals surface area contributed by atoms with Crippen molar-refractivity contribution in [2.45, 2.75) is 44.7 Å². The topological polar surface area (TPSA) is 27.8 Å². The molecular weight excluding hydrogens is 396 g/mol. The van der Waals surface area contributed by atoms with E-state index in [9.17, 15) is 0 Å². The molecule has 2 unspecified atom stereocenters. The molecule has 132 valence electrons. The summed E-state index contributed by atoms with van der Waals surface area (Å²) in [5.41, 5.74) is 5.55. The minimum Gasteiger partial charge on any atom is -0.357 e. The Labute approximate surface area is 163 Å². The van der Waals surface area contributed by atoms with Crippen LogP contribution in [0.3, 0.4) is 0 Å². The number of halogens is 2. The zero-order valence-electron chi connectivity index (χ0n) is 14.4. The van der Waals surface area contributed by atoms with E-state index in [-0.39, 0.29) is 12.4 Å². The standard InChI is InChI=1S/C21H23BrN2.ClH/c1-14(12-15-6-3-2-4-7-15)23-20-9-5-8-17-18-13-16(22)10-11-19(18)24-21(17)20;/h2-4,6-7,10-11,13-14,20,23-24H,5,8-9,12H2,1H3;1H. The molecule has 1 aromatic heterocycles. The maximum absolute atomic E-state index is 3.86. The Balaban J connectivity index is 0.00000182. The monoisotopic (exact) mass is 418 g/mol.